The van der Waals surface area contributed by atoms with Gasteiger partial charge in [0.25, 0.3) is 0 Å². The highest BCUT2D eigenvalue weighted by molar-refractivity contribution is 7.91. The van der Waals surface area contributed by atoms with E-state index in [9.17, 15) is 17.6 Å². The van der Waals surface area contributed by atoms with Gasteiger partial charge >= 0.3 is 6.03 Å². The number of hydrogen-bond acceptors (Lipinski definition) is 3. The number of primary amides is 1. The van der Waals surface area contributed by atoms with Crippen molar-refractivity contribution in [3.63, 3.8) is 0 Å². The molecule has 0 fully saturated rings. The molecule has 0 aliphatic heterocycles. The summed E-state index contributed by atoms with van der Waals surface area (Å²) < 4.78 is 38.8. The summed E-state index contributed by atoms with van der Waals surface area (Å²) in [7, 11) is -3.77. The zero-order valence-electron chi connectivity index (χ0n) is 13.5. The highest BCUT2D eigenvalue weighted by atomic mass is 32.2. The topological polar surface area (TPSA) is 89.3 Å². The van der Waals surface area contributed by atoms with Crippen molar-refractivity contribution in [2.75, 3.05) is 6.54 Å². The van der Waals surface area contributed by atoms with Crippen LogP contribution in [0.4, 0.5) is 9.18 Å². The van der Waals surface area contributed by atoms with Crippen LogP contribution >= 0.6 is 0 Å². The minimum atomic E-state index is -3.77. The molecule has 0 saturated carbocycles. The Morgan fingerprint density at radius 1 is 1.20 bits per heavy atom. The van der Waals surface area contributed by atoms with Gasteiger partial charge in [0.2, 0.25) is 9.84 Å². The predicted octanol–water partition coefficient (Wildman–Crippen LogP) is 2.75. The van der Waals surface area contributed by atoms with E-state index in [-0.39, 0.29) is 15.7 Å². The van der Waals surface area contributed by atoms with E-state index in [0.29, 0.717) is 6.54 Å². The lowest BCUT2D eigenvalue weighted by Crippen LogP contribution is -2.33. The molecule has 3 N–H and O–H groups in total. The molecule has 25 heavy (non-hydrogen) atoms. The maximum Gasteiger partial charge on any atom is 0.312 e. The fourth-order valence-corrected chi connectivity index (χ4v) is 4.61. The summed E-state index contributed by atoms with van der Waals surface area (Å²) in [5.74, 6) is -0.473. The normalized spacial score (nSPS) is 16.9. The lowest BCUT2D eigenvalue weighted by molar-refractivity contribution is 0.248. The zero-order valence-corrected chi connectivity index (χ0v) is 14.4. The summed E-state index contributed by atoms with van der Waals surface area (Å²) in [5.41, 5.74) is 7.10. The van der Waals surface area contributed by atoms with Gasteiger partial charge in [-0.1, -0.05) is 12.1 Å². The fraction of sp³-hybridized carbons (Fsp3) is 0.278. The Balaban J connectivity index is 1.94. The van der Waals surface area contributed by atoms with Crippen LogP contribution in [0.3, 0.4) is 0 Å². The van der Waals surface area contributed by atoms with Gasteiger partial charge in [-0.3, -0.25) is 0 Å². The Labute approximate surface area is 146 Å². The molecule has 2 amide bonds. The molecule has 132 valence electrons. The molecule has 0 heterocycles. The largest absolute Gasteiger partial charge is 0.352 e. The van der Waals surface area contributed by atoms with E-state index < -0.39 is 21.7 Å². The average molecular weight is 362 g/mol. The number of amides is 2. The van der Waals surface area contributed by atoms with Crippen molar-refractivity contribution in [2.24, 2.45) is 5.73 Å². The number of nitrogens with one attached hydrogen (secondary N) is 1. The molecule has 0 radical (unpaired) electrons. The first kappa shape index (κ1) is 17.4. The molecule has 1 aliphatic rings. The number of hydrogen-bond donors (Lipinski definition) is 2. The van der Waals surface area contributed by atoms with E-state index in [1.54, 1.807) is 18.2 Å². The minimum absolute atomic E-state index is 0.0600. The number of rotatable bonds is 4. The smallest absolute Gasteiger partial charge is 0.312 e. The number of sulfone groups is 1. The predicted molar refractivity (Wildman–Crippen MR) is 91.6 cm³/mol. The molecular formula is C18H19FN2O3S. The van der Waals surface area contributed by atoms with Crippen molar-refractivity contribution in [1.29, 1.82) is 0 Å². The molecule has 0 aromatic heterocycles. The summed E-state index contributed by atoms with van der Waals surface area (Å²) in [5, 5.41) is 2.61. The second-order valence-electron chi connectivity index (χ2n) is 6.16. The van der Waals surface area contributed by atoms with Crippen LogP contribution in [0.25, 0.3) is 0 Å². The number of aryl methyl sites for hydroxylation is 1. The molecule has 0 spiro atoms. The molecule has 1 unspecified atom stereocenters. The monoisotopic (exact) mass is 362 g/mol. The Morgan fingerprint density at radius 2 is 1.96 bits per heavy atom. The van der Waals surface area contributed by atoms with Crippen molar-refractivity contribution < 1.29 is 17.6 Å². The fourth-order valence-electron chi connectivity index (χ4n) is 3.26. The average Bonchev–Trinajstić information content (AvgIpc) is 2.59. The van der Waals surface area contributed by atoms with E-state index in [0.717, 1.165) is 36.5 Å². The lowest BCUT2D eigenvalue weighted by atomic mass is 9.83. The summed E-state index contributed by atoms with van der Waals surface area (Å²) in [6.07, 6.45) is 2.58. The Morgan fingerprint density at radius 3 is 2.68 bits per heavy atom. The number of fused-ring (bicyclic) bond motifs is 1. The SMILES string of the molecule is NC(=O)NCC1CCCc2cc(S(=O)(=O)c3cccc(F)c3)ccc21. The highest BCUT2D eigenvalue weighted by Crippen LogP contribution is 2.33. The van der Waals surface area contributed by atoms with Gasteiger partial charge in [-0.2, -0.15) is 0 Å². The summed E-state index contributed by atoms with van der Waals surface area (Å²) in [6.45, 7) is 0.429. The number of halogens is 1. The third-order valence-electron chi connectivity index (χ3n) is 4.49. The van der Waals surface area contributed by atoms with Crippen LogP contribution in [0, 0.1) is 5.82 Å². The summed E-state index contributed by atoms with van der Waals surface area (Å²) in [4.78, 5) is 11.0. The van der Waals surface area contributed by atoms with Crippen LogP contribution in [0.15, 0.2) is 52.3 Å². The van der Waals surface area contributed by atoms with Gasteiger partial charge in [0.1, 0.15) is 5.82 Å². The summed E-state index contributed by atoms with van der Waals surface area (Å²) >= 11 is 0. The highest BCUT2D eigenvalue weighted by Gasteiger charge is 2.24. The van der Waals surface area contributed by atoms with E-state index >= 15 is 0 Å². The molecule has 2 aromatic carbocycles. The Hall–Kier alpha value is -2.41. The van der Waals surface area contributed by atoms with Crippen LogP contribution in [-0.4, -0.2) is 21.0 Å². The molecule has 7 heteroatoms. The van der Waals surface area contributed by atoms with Gasteiger partial charge in [0.05, 0.1) is 9.79 Å². The Kier molecular flexibility index (Phi) is 4.76. The van der Waals surface area contributed by atoms with Crippen LogP contribution in [0.2, 0.25) is 0 Å². The van der Waals surface area contributed by atoms with Gasteiger partial charge < -0.3 is 11.1 Å². The number of nitrogens with two attached hydrogens (primary N) is 1. The van der Waals surface area contributed by atoms with Gasteiger partial charge in [-0.25, -0.2) is 17.6 Å². The standard InChI is InChI=1S/C18H19FN2O3S/c19-14-5-2-6-15(10-14)25(23,24)16-7-8-17-12(9-16)3-1-4-13(17)11-21-18(20)22/h2,5-10,13H,1,3-4,11H2,(H3,20,21,22). The second kappa shape index (κ2) is 6.84. The van der Waals surface area contributed by atoms with E-state index in [1.807, 2.05) is 0 Å². The molecule has 3 rings (SSSR count). The van der Waals surface area contributed by atoms with Crippen molar-refractivity contribution in [3.8, 4) is 0 Å². The second-order valence-corrected chi connectivity index (χ2v) is 8.11. The maximum atomic E-state index is 13.4. The van der Waals surface area contributed by atoms with Crippen LogP contribution in [-0.2, 0) is 16.3 Å². The lowest BCUT2D eigenvalue weighted by Gasteiger charge is -2.26. The van der Waals surface area contributed by atoms with Crippen LogP contribution in [0.5, 0.6) is 0 Å². The minimum Gasteiger partial charge on any atom is -0.352 e. The van der Waals surface area contributed by atoms with Gasteiger partial charge in [0.15, 0.2) is 0 Å². The molecule has 5 nitrogen and oxygen atoms in total. The first-order valence-corrected chi connectivity index (χ1v) is 9.53. The number of benzene rings is 2. The van der Waals surface area contributed by atoms with Crippen molar-refractivity contribution in [2.45, 2.75) is 35.0 Å². The molecule has 0 saturated heterocycles. The molecule has 1 aliphatic carbocycles. The maximum absolute atomic E-state index is 13.4. The number of carbonyl (C=O) groups excluding carboxylic acids is 1. The third-order valence-corrected chi connectivity index (χ3v) is 6.24. The van der Waals surface area contributed by atoms with E-state index in [2.05, 4.69) is 5.32 Å². The van der Waals surface area contributed by atoms with Gasteiger partial charge in [-0.05, 0) is 60.7 Å². The quantitative estimate of drug-likeness (QED) is 0.876. The van der Waals surface area contributed by atoms with Crippen LogP contribution < -0.4 is 11.1 Å². The van der Waals surface area contributed by atoms with Gasteiger partial charge in [0, 0.05) is 12.5 Å². The van der Waals surface area contributed by atoms with Crippen LogP contribution in [0.1, 0.15) is 29.9 Å². The summed E-state index contributed by atoms with van der Waals surface area (Å²) in [6, 6.07) is 9.42. The van der Waals surface area contributed by atoms with E-state index in [4.69, 9.17) is 5.73 Å². The first-order valence-electron chi connectivity index (χ1n) is 8.05. The van der Waals surface area contributed by atoms with E-state index in [1.165, 1.54) is 18.2 Å². The zero-order chi connectivity index (χ0) is 18.0. The van der Waals surface area contributed by atoms with Gasteiger partial charge in [-0.15, -0.1) is 0 Å². The van der Waals surface area contributed by atoms with Crippen molar-refractivity contribution in [3.05, 3.63) is 59.4 Å². The number of urea groups is 1. The van der Waals surface area contributed by atoms with Crippen molar-refractivity contribution >= 4 is 15.9 Å². The third kappa shape index (κ3) is 3.66. The molecule has 2 aromatic rings. The van der Waals surface area contributed by atoms with Crippen molar-refractivity contribution in [1.82, 2.24) is 5.32 Å². The number of carbonyl (C=O) groups is 1. The molecule has 0 bridgehead atoms. The molecular weight excluding hydrogens is 343 g/mol. The molecule has 1 atom stereocenters. The first-order chi connectivity index (χ1) is 11.9. The Bertz CT molecular complexity index is 912.